The van der Waals surface area contributed by atoms with E-state index in [1.807, 2.05) is 0 Å². The van der Waals surface area contributed by atoms with E-state index in [1.54, 1.807) is 0 Å². The number of amides is 1. The minimum atomic E-state index is 0.225. The second-order valence-electron chi connectivity index (χ2n) is 8.56. The Morgan fingerprint density at radius 3 is 2.69 bits per heavy atom. The van der Waals surface area contributed by atoms with E-state index < -0.39 is 0 Å². The molecule has 26 heavy (non-hydrogen) atoms. The zero-order valence-corrected chi connectivity index (χ0v) is 15.4. The van der Waals surface area contributed by atoms with Crippen LogP contribution in [0.1, 0.15) is 66.7 Å². The van der Waals surface area contributed by atoms with E-state index in [0.717, 1.165) is 30.3 Å². The number of hydrogen-bond acceptors (Lipinski definition) is 3. The number of H-pyrrole nitrogens is 1. The molecule has 2 aromatic rings. The molecule has 5 rings (SSSR count). The van der Waals surface area contributed by atoms with Crippen LogP contribution < -0.4 is 0 Å². The van der Waals surface area contributed by atoms with Crippen LogP contribution in [-0.4, -0.2) is 39.1 Å². The standard InChI is InChI=1S/C21H26N4O/c1-14-3-5-15(6-4-14)11-18(26)25-12-17(21(13-25)9-2-10-21)20-22-19(23-24-20)16-7-8-16/h3-6,16-17H,2,7-13H2,1H3,(H,22,23,24). The molecule has 5 nitrogen and oxygen atoms in total. The van der Waals surface area contributed by atoms with Crippen LogP contribution in [0.5, 0.6) is 0 Å². The van der Waals surface area contributed by atoms with E-state index in [-0.39, 0.29) is 11.3 Å². The third-order valence-corrected chi connectivity index (χ3v) is 6.62. The van der Waals surface area contributed by atoms with Crippen LogP contribution in [0.25, 0.3) is 0 Å². The minimum absolute atomic E-state index is 0.225. The number of likely N-dealkylation sites (tertiary alicyclic amines) is 1. The lowest BCUT2D eigenvalue weighted by Crippen LogP contribution is -2.38. The lowest BCUT2D eigenvalue weighted by molar-refractivity contribution is -0.130. The van der Waals surface area contributed by atoms with Crippen LogP contribution in [0.3, 0.4) is 0 Å². The summed E-state index contributed by atoms with van der Waals surface area (Å²) in [6, 6.07) is 8.30. The van der Waals surface area contributed by atoms with Crippen molar-refractivity contribution < 1.29 is 4.79 Å². The monoisotopic (exact) mass is 350 g/mol. The molecule has 1 aromatic carbocycles. The number of benzene rings is 1. The Kier molecular flexibility index (Phi) is 3.66. The molecule has 1 aliphatic heterocycles. The predicted octanol–water partition coefficient (Wildman–Crippen LogP) is 3.33. The van der Waals surface area contributed by atoms with Gasteiger partial charge in [-0.3, -0.25) is 9.89 Å². The quantitative estimate of drug-likeness (QED) is 0.920. The number of hydrogen-bond donors (Lipinski definition) is 1. The molecule has 1 amide bonds. The third-order valence-electron chi connectivity index (χ3n) is 6.62. The summed E-state index contributed by atoms with van der Waals surface area (Å²) in [6.45, 7) is 3.73. The molecule has 1 N–H and O–H groups in total. The van der Waals surface area contributed by atoms with Gasteiger partial charge in [0.05, 0.1) is 6.42 Å². The molecule has 1 aromatic heterocycles. The number of rotatable bonds is 4. The van der Waals surface area contributed by atoms with Crippen molar-refractivity contribution in [1.82, 2.24) is 20.1 Å². The first kappa shape index (κ1) is 16.0. The van der Waals surface area contributed by atoms with Gasteiger partial charge in [0.15, 0.2) is 5.82 Å². The van der Waals surface area contributed by atoms with Gasteiger partial charge in [0.1, 0.15) is 5.82 Å². The molecule has 0 bridgehead atoms. The highest BCUT2D eigenvalue weighted by atomic mass is 16.2. The highest BCUT2D eigenvalue weighted by Crippen LogP contribution is 2.55. The molecule has 3 aliphatic rings. The molecule has 1 atom stereocenters. The molecular formula is C21H26N4O. The summed E-state index contributed by atoms with van der Waals surface area (Å²) in [5, 5.41) is 7.66. The van der Waals surface area contributed by atoms with Crippen molar-refractivity contribution in [2.24, 2.45) is 5.41 Å². The fourth-order valence-corrected chi connectivity index (χ4v) is 4.63. The summed E-state index contributed by atoms with van der Waals surface area (Å²) in [4.78, 5) is 19.8. The Hall–Kier alpha value is -2.17. The predicted molar refractivity (Wildman–Crippen MR) is 98.8 cm³/mol. The molecule has 136 valence electrons. The first-order valence-electron chi connectivity index (χ1n) is 9.88. The number of nitrogens with one attached hydrogen (secondary N) is 1. The van der Waals surface area contributed by atoms with Crippen LogP contribution in [0.15, 0.2) is 24.3 Å². The van der Waals surface area contributed by atoms with E-state index >= 15 is 0 Å². The SMILES string of the molecule is Cc1ccc(CC(=O)N2CC(c3nc(C4CC4)n[nH]3)C3(CCC3)C2)cc1. The van der Waals surface area contributed by atoms with Gasteiger partial charge in [0, 0.05) is 24.9 Å². The topological polar surface area (TPSA) is 61.9 Å². The van der Waals surface area contributed by atoms with E-state index in [1.165, 1.54) is 37.7 Å². The maximum Gasteiger partial charge on any atom is 0.227 e. The summed E-state index contributed by atoms with van der Waals surface area (Å²) in [6.07, 6.45) is 6.59. The first-order chi connectivity index (χ1) is 12.6. The van der Waals surface area contributed by atoms with Gasteiger partial charge < -0.3 is 4.90 Å². The lowest BCUT2D eigenvalue weighted by Gasteiger charge is -2.41. The van der Waals surface area contributed by atoms with Crippen LogP contribution in [0, 0.1) is 12.3 Å². The normalized spacial score (nSPS) is 24.0. The van der Waals surface area contributed by atoms with Crippen molar-refractivity contribution in [3.63, 3.8) is 0 Å². The number of aromatic nitrogens is 3. The van der Waals surface area contributed by atoms with Gasteiger partial charge >= 0.3 is 0 Å². The van der Waals surface area contributed by atoms with Crippen molar-refractivity contribution in [1.29, 1.82) is 0 Å². The number of carbonyl (C=O) groups excluding carboxylic acids is 1. The highest BCUT2D eigenvalue weighted by Gasteiger charge is 2.53. The highest BCUT2D eigenvalue weighted by molar-refractivity contribution is 5.79. The molecule has 2 saturated carbocycles. The summed E-state index contributed by atoms with van der Waals surface area (Å²) in [7, 11) is 0. The van der Waals surface area contributed by atoms with E-state index in [2.05, 4.69) is 46.3 Å². The summed E-state index contributed by atoms with van der Waals surface area (Å²) in [5.74, 6) is 3.12. The van der Waals surface area contributed by atoms with Gasteiger partial charge in [-0.05, 0) is 43.6 Å². The van der Waals surface area contributed by atoms with Gasteiger partial charge in [-0.1, -0.05) is 36.2 Å². The molecule has 3 fully saturated rings. The Bertz CT molecular complexity index is 817. The van der Waals surface area contributed by atoms with Gasteiger partial charge in [-0.15, -0.1) is 0 Å². The van der Waals surface area contributed by atoms with Crippen LogP contribution in [0.4, 0.5) is 0 Å². The molecule has 2 heterocycles. The Morgan fingerprint density at radius 2 is 2.04 bits per heavy atom. The zero-order chi connectivity index (χ0) is 17.7. The number of nitrogens with zero attached hydrogens (tertiary/aromatic N) is 3. The summed E-state index contributed by atoms with van der Waals surface area (Å²) < 4.78 is 0. The minimum Gasteiger partial charge on any atom is -0.341 e. The van der Waals surface area contributed by atoms with Gasteiger partial charge in [-0.2, -0.15) is 5.10 Å². The van der Waals surface area contributed by atoms with Crippen LogP contribution in [-0.2, 0) is 11.2 Å². The number of carbonyl (C=O) groups is 1. The summed E-state index contributed by atoms with van der Waals surface area (Å²) in [5.41, 5.74) is 2.55. The van der Waals surface area contributed by atoms with Gasteiger partial charge in [0.2, 0.25) is 5.91 Å². The summed E-state index contributed by atoms with van der Waals surface area (Å²) >= 11 is 0. The average Bonchev–Trinajstić information content (AvgIpc) is 3.19. The molecule has 1 saturated heterocycles. The maximum absolute atomic E-state index is 12.9. The number of aryl methyl sites for hydroxylation is 1. The second kappa shape index (κ2) is 5.93. The average molecular weight is 350 g/mol. The molecule has 1 spiro atoms. The maximum atomic E-state index is 12.9. The van der Waals surface area contributed by atoms with Crippen molar-refractivity contribution in [3.05, 3.63) is 47.0 Å². The van der Waals surface area contributed by atoms with Crippen LogP contribution >= 0.6 is 0 Å². The molecule has 5 heteroatoms. The van der Waals surface area contributed by atoms with Gasteiger partial charge in [-0.25, -0.2) is 4.98 Å². The van der Waals surface area contributed by atoms with Gasteiger partial charge in [0.25, 0.3) is 0 Å². The molecule has 2 aliphatic carbocycles. The van der Waals surface area contributed by atoms with Crippen molar-refractivity contribution in [2.45, 2.75) is 57.3 Å². The van der Waals surface area contributed by atoms with E-state index in [4.69, 9.17) is 4.98 Å². The second-order valence-corrected chi connectivity index (χ2v) is 8.56. The molecule has 1 unspecified atom stereocenters. The van der Waals surface area contributed by atoms with Crippen molar-refractivity contribution in [2.75, 3.05) is 13.1 Å². The lowest BCUT2D eigenvalue weighted by atomic mass is 9.62. The Balaban J connectivity index is 1.33. The Morgan fingerprint density at radius 1 is 1.27 bits per heavy atom. The van der Waals surface area contributed by atoms with Crippen LogP contribution in [0.2, 0.25) is 0 Å². The number of aromatic amines is 1. The molecule has 0 radical (unpaired) electrons. The fraction of sp³-hybridized carbons (Fsp3) is 0.571. The molecular weight excluding hydrogens is 324 g/mol. The van der Waals surface area contributed by atoms with E-state index in [0.29, 0.717) is 18.3 Å². The van der Waals surface area contributed by atoms with Crippen molar-refractivity contribution >= 4 is 5.91 Å². The zero-order valence-electron chi connectivity index (χ0n) is 15.4. The first-order valence-corrected chi connectivity index (χ1v) is 9.88. The van der Waals surface area contributed by atoms with Crippen molar-refractivity contribution in [3.8, 4) is 0 Å². The fourth-order valence-electron chi connectivity index (χ4n) is 4.63. The third kappa shape index (κ3) is 2.74. The smallest absolute Gasteiger partial charge is 0.227 e. The largest absolute Gasteiger partial charge is 0.341 e. The Labute approximate surface area is 154 Å². The van der Waals surface area contributed by atoms with E-state index in [9.17, 15) is 4.79 Å².